The largest absolute Gasteiger partial charge is 0.368 e. The second kappa shape index (κ2) is 8.15. The molecule has 0 unspecified atom stereocenters. The number of pyridine rings is 1. The standard InChI is InChI=1S/C23H22BrN3O/c1-17-21(10-11-22(25-17)18-6-5-7-19(24)16-18)23(28)27-14-12-26(13-15-27)20-8-3-2-4-9-20/h2-11,16H,12-15H2,1H3. The van der Waals surface area contributed by atoms with Crippen LogP contribution in [0.15, 0.2) is 71.2 Å². The lowest BCUT2D eigenvalue weighted by Gasteiger charge is -2.36. The van der Waals surface area contributed by atoms with Crippen molar-refractivity contribution in [1.29, 1.82) is 0 Å². The van der Waals surface area contributed by atoms with Gasteiger partial charge in [-0.2, -0.15) is 0 Å². The van der Waals surface area contributed by atoms with Crippen LogP contribution < -0.4 is 4.90 Å². The van der Waals surface area contributed by atoms with E-state index >= 15 is 0 Å². The van der Waals surface area contributed by atoms with Crippen molar-refractivity contribution in [3.05, 3.63) is 82.5 Å². The molecule has 1 aliphatic rings. The Kier molecular flexibility index (Phi) is 5.44. The first-order chi connectivity index (χ1) is 13.6. The zero-order valence-electron chi connectivity index (χ0n) is 15.8. The summed E-state index contributed by atoms with van der Waals surface area (Å²) in [4.78, 5) is 22.0. The number of halogens is 1. The van der Waals surface area contributed by atoms with E-state index in [9.17, 15) is 4.79 Å². The predicted octanol–water partition coefficient (Wildman–Crippen LogP) is 4.78. The number of carbonyl (C=O) groups is 1. The van der Waals surface area contributed by atoms with Crippen LogP contribution in [0.3, 0.4) is 0 Å². The maximum atomic E-state index is 13.0. The van der Waals surface area contributed by atoms with E-state index in [4.69, 9.17) is 0 Å². The van der Waals surface area contributed by atoms with Crippen LogP contribution >= 0.6 is 15.9 Å². The fourth-order valence-electron chi connectivity index (χ4n) is 3.57. The van der Waals surface area contributed by atoms with Gasteiger partial charge in [-0.3, -0.25) is 9.78 Å². The molecule has 3 aromatic rings. The first-order valence-electron chi connectivity index (χ1n) is 9.45. The lowest BCUT2D eigenvalue weighted by molar-refractivity contribution is 0.0745. The number of hydrogen-bond acceptors (Lipinski definition) is 3. The number of hydrogen-bond donors (Lipinski definition) is 0. The molecule has 0 saturated carbocycles. The molecule has 0 N–H and O–H groups in total. The Hall–Kier alpha value is -2.66. The van der Waals surface area contributed by atoms with Crippen molar-refractivity contribution in [3.63, 3.8) is 0 Å². The topological polar surface area (TPSA) is 36.4 Å². The third kappa shape index (κ3) is 3.94. The third-order valence-corrected chi connectivity index (χ3v) is 5.62. The van der Waals surface area contributed by atoms with Gasteiger partial charge >= 0.3 is 0 Å². The molecule has 0 aliphatic carbocycles. The summed E-state index contributed by atoms with van der Waals surface area (Å²) in [6, 6.07) is 22.2. The Balaban J connectivity index is 1.47. The van der Waals surface area contributed by atoms with Crippen molar-refractivity contribution in [2.45, 2.75) is 6.92 Å². The van der Waals surface area contributed by atoms with E-state index in [0.29, 0.717) is 5.56 Å². The summed E-state index contributed by atoms with van der Waals surface area (Å²) >= 11 is 3.50. The van der Waals surface area contributed by atoms with Gasteiger partial charge in [0.1, 0.15) is 0 Å². The van der Waals surface area contributed by atoms with Crippen LogP contribution in [0, 0.1) is 6.92 Å². The Morgan fingerprint density at radius 2 is 1.68 bits per heavy atom. The normalized spacial score (nSPS) is 14.2. The lowest BCUT2D eigenvalue weighted by atomic mass is 10.1. The lowest BCUT2D eigenvalue weighted by Crippen LogP contribution is -2.49. The molecule has 0 spiro atoms. The monoisotopic (exact) mass is 435 g/mol. The van der Waals surface area contributed by atoms with E-state index in [2.05, 4.69) is 50.1 Å². The van der Waals surface area contributed by atoms with Crippen LogP contribution in [0.2, 0.25) is 0 Å². The number of para-hydroxylation sites is 1. The number of nitrogens with zero attached hydrogens (tertiary/aromatic N) is 3. The highest BCUT2D eigenvalue weighted by atomic mass is 79.9. The molecule has 2 aromatic carbocycles. The molecule has 5 heteroatoms. The zero-order chi connectivity index (χ0) is 19.5. The van der Waals surface area contributed by atoms with Gasteiger partial charge in [0.2, 0.25) is 0 Å². The molecule has 0 radical (unpaired) electrons. The molecule has 4 nitrogen and oxygen atoms in total. The van der Waals surface area contributed by atoms with E-state index in [1.165, 1.54) is 5.69 Å². The summed E-state index contributed by atoms with van der Waals surface area (Å²) < 4.78 is 1.01. The fraction of sp³-hybridized carbons (Fsp3) is 0.217. The quantitative estimate of drug-likeness (QED) is 0.593. The number of amides is 1. The van der Waals surface area contributed by atoms with Gasteiger partial charge in [0.15, 0.2) is 0 Å². The third-order valence-electron chi connectivity index (χ3n) is 5.12. The molecule has 0 bridgehead atoms. The first-order valence-corrected chi connectivity index (χ1v) is 10.2. The Morgan fingerprint density at radius 1 is 0.929 bits per heavy atom. The molecule has 1 aromatic heterocycles. The maximum Gasteiger partial charge on any atom is 0.255 e. The van der Waals surface area contributed by atoms with Gasteiger partial charge in [0, 0.05) is 41.9 Å². The van der Waals surface area contributed by atoms with Gasteiger partial charge < -0.3 is 9.80 Å². The molecule has 1 saturated heterocycles. The van der Waals surface area contributed by atoms with Crippen molar-refractivity contribution in [3.8, 4) is 11.3 Å². The smallest absolute Gasteiger partial charge is 0.255 e. The molecule has 2 heterocycles. The number of benzene rings is 2. The van der Waals surface area contributed by atoms with E-state index in [-0.39, 0.29) is 5.91 Å². The molecule has 28 heavy (non-hydrogen) atoms. The molecule has 1 fully saturated rings. The van der Waals surface area contributed by atoms with Crippen LogP contribution in [0.25, 0.3) is 11.3 Å². The summed E-state index contributed by atoms with van der Waals surface area (Å²) in [5.74, 6) is 0.0681. The second-order valence-electron chi connectivity index (χ2n) is 6.95. The maximum absolute atomic E-state index is 13.0. The molecule has 1 aliphatic heterocycles. The van der Waals surface area contributed by atoms with E-state index in [1.54, 1.807) is 0 Å². The highest BCUT2D eigenvalue weighted by molar-refractivity contribution is 9.10. The van der Waals surface area contributed by atoms with E-state index in [1.807, 2.05) is 54.3 Å². The SMILES string of the molecule is Cc1nc(-c2cccc(Br)c2)ccc1C(=O)N1CCN(c2ccccc2)CC1. The predicted molar refractivity (Wildman–Crippen MR) is 117 cm³/mol. The molecular formula is C23H22BrN3O. The van der Waals surface area contributed by atoms with Crippen LogP contribution in [0.5, 0.6) is 0 Å². The number of piperazine rings is 1. The molecule has 142 valence electrons. The Labute approximate surface area is 173 Å². The minimum Gasteiger partial charge on any atom is -0.368 e. The molecule has 1 amide bonds. The van der Waals surface area contributed by atoms with Crippen LogP contribution in [-0.2, 0) is 0 Å². The van der Waals surface area contributed by atoms with E-state index < -0.39 is 0 Å². The minimum absolute atomic E-state index is 0.0681. The Morgan fingerprint density at radius 3 is 2.36 bits per heavy atom. The average molecular weight is 436 g/mol. The minimum atomic E-state index is 0.0681. The second-order valence-corrected chi connectivity index (χ2v) is 7.87. The highest BCUT2D eigenvalue weighted by Gasteiger charge is 2.23. The average Bonchev–Trinajstić information content (AvgIpc) is 2.74. The molecule has 0 atom stereocenters. The summed E-state index contributed by atoms with van der Waals surface area (Å²) in [6.07, 6.45) is 0. The zero-order valence-corrected chi connectivity index (χ0v) is 17.4. The van der Waals surface area contributed by atoms with Crippen molar-refractivity contribution >= 4 is 27.5 Å². The number of aromatic nitrogens is 1. The molecular weight excluding hydrogens is 414 g/mol. The summed E-state index contributed by atoms with van der Waals surface area (Å²) in [5.41, 5.74) is 4.59. The van der Waals surface area contributed by atoms with Crippen molar-refractivity contribution in [1.82, 2.24) is 9.88 Å². The summed E-state index contributed by atoms with van der Waals surface area (Å²) in [7, 11) is 0. The highest BCUT2D eigenvalue weighted by Crippen LogP contribution is 2.23. The van der Waals surface area contributed by atoms with Gasteiger partial charge in [-0.1, -0.05) is 46.3 Å². The number of rotatable bonds is 3. The van der Waals surface area contributed by atoms with E-state index in [0.717, 1.165) is 47.6 Å². The van der Waals surface area contributed by atoms with Gasteiger partial charge in [-0.15, -0.1) is 0 Å². The number of carbonyl (C=O) groups excluding carboxylic acids is 1. The van der Waals surface area contributed by atoms with Crippen LogP contribution in [-0.4, -0.2) is 42.0 Å². The number of aryl methyl sites for hydroxylation is 1. The van der Waals surface area contributed by atoms with Crippen LogP contribution in [0.1, 0.15) is 16.1 Å². The van der Waals surface area contributed by atoms with Crippen molar-refractivity contribution < 1.29 is 4.79 Å². The first kappa shape index (κ1) is 18.7. The van der Waals surface area contributed by atoms with Crippen LogP contribution in [0.4, 0.5) is 5.69 Å². The van der Waals surface area contributed by atoms with Crippen molar-refractivity contribution in [2.24, 2.45) is 0 Å². The Bertz CT molecular complexity index is 982. The summed E-state index contributed by atoms with van der Waals surface area (Å²) in [6.45, 7) is 5.05. The number of anilines is 1. The van der Waals surface area contributed by atoms with Gasteiger partial charge in [-0.05, 0) is 43.3 Å². The van der Waals surface area contributed by atoms with Gasteiger partial charge in [-0.25, -0.2) is 0 Å². The molecule has 4 rings (SSSR count). The van der Waals surface area contributed by atoms with Gasteiger partial charge in [0.05, 0.1) is 17.0 Å². The van der Waals surface area contributed by atoms with Gasteiger partial charge in [0.25, 0.3) is 5.91 Å². The van der Waals surface area contributed by atoms with Crippen molar-refractivity contribution in [2.75, 3.05) is 31.1 Å². The summed E-state index contributed by atoms with van der Waals surface area (Å²) in [5, 5.41) is 0. The fourth-order valence-corrected chi connectivity index (χ4v) is 3.97.